The first-order valence-corrected chi connectivity index (χ1v) is 6.01. The number of carbonyl (C=O) groups excluding carboxylic acids is 2. The third-order valence-electron chi connectivity index (χ3n) is 1.76. The summed E-state index contributed by atoms with van der Waals surface area (Å²) in [4.78, 5) is 22.5. The molecule has 1 aliphatic rings. The smallest absolute Gasteiger partial charge is 0.376 e. The summed E-state index contributed by atoms with van der Waals surface area (Å²) in [5, 5.41) is 0. The molecule has 0 aromatic rings. The van der Waals surface area contributed by atoms with Crippen molar-refractivity contribution < 1.29 is 31.7 Å². The molecule has 1 aliphatic heterocycles. The van der Waals surface area contributed by atoms with Crippen LogP contribution < -0.4 is 0 Å². The molecule has 0 radical (unpaired) electrons. The lowest BCUT2D eigenvalue weighted by molar-refractivity contribution is -0.141. The molecule has 8 heteroatoms. The molecule has 90 valence electrons. The predicted octanol–water partition coefficient (Wildman–Crippen LogP) is -0.665. The Morgan fingerprint density at radius 2 is 2.00 bits per heavy atom. The van der Waals surface area contributed by atoms with E-state index in [0.29, 0.717) is 0 Å². The molecule has 1 rings (SSSR count). The average Bonchev–Trinajstić information content (AvgIpc) is 2.38. The summed E-state index contributed by atoms with van der Waals surface area (Å²) >= 11 is 0. The van der Waals surface area contributed by atoms with Crippen LogP contribution in [0.4, 0.5) is 0 Å². The molecule has 0 saturated heterocycles. The van der Waals surface area contributed by atoms with Gasteiger partial charge < -0.3 is 13.7 Å². The van der Waals surface area contributed by atoms with Gasteiger partial charge >= 0.3 is 22.1 Å². The summed E-state index contributed by atoms with van der Waals surface area (Å²) in [6.45, 7) is 1.41. The van der Waals surface area contributed by atoms with Gasteiger partial charge in [-0.05, 0) is 6.92 Å². The number of cyclic esters (lactones) is 1. The van der Waals surface area contributed by atoms with Crippen LogP contribution in [-0.4, -0.2) is 39.8 Å². The van der Waals surface area contributed by atoms with E-state index in [0.717, 1.165) is 13.4 Å². The van der Waals surface area contributed by atoms with Crippen molar-refractivity contribution in [1.82, 2.24) is 0 Å². The highest BCUT2D eigenvalue weighted by molar-refractivity contribution is 7.86. The molecule has 0 unspecified atom stereocenters. The zero-order chi connectivity index (χ0) is 12.5. The topological polar surface area (TPSA) is 96.0 Å². The largest absolute Gasteiger partial charge is 0.465 e. The van der Waals surface area contributed by atoms with Crippen LogP contribution in [0.2, 0.25) is 0 Å². The minimum atomic E-state index is -3.91. The number of hydrogen-bond acceptors (Lipinski definition) is 7. The van der Waals surface area contributed by atoms with Gasteiger partial charge in [0.15, 0.2) is 0 Å². The van der Waals surface area contributed by atoms with Crippen LogP contribution in [0.25, 0.3) is 0 Å². The first-order chi connectivity index (χ1) is 7.26. The second-order valence-electron chi connectivity index (χ2n) is 3.07. The lowest BCUT2D eigenvalue weighted by Gasteiger charge is -2.05. The van der Waals surface area contributed by atoms with E-state index in [1.54, 1.807) is 0 Å². The standard InChI is InChI=1S/C8H10O7S/c1-4-5(7(9)13-2)6(8(10)14-4)15-16(3,11)12/h4H,1-3H3/t4-/m1/s1. The third kappa shape index (κ3) is 2.51. The molecule has 0 bridgehead atoms. The number of hydrogen-bond donors (Lipinski definition) is 0. The average molecular weight is 250 g/mol. The van der Waals surface area contributed by atoms with E-state index < -0.39 is 33.9 Å². The number of ether oxygens (including phenoxy) is 2. The summed E-state index contributed by atoms with van der Waals surface area (Å²) in [5.74, 6) is -2.50. The van der Waals surface area contributed by atoms with Gasteiger partial charge in [0, 0.05) is 0 Å². The molecule has 0 aromatic carbocycles. The van der Waals surface area contributed by atoms with Crippen LogP contribution in [0.5, 0.6) is 0 Å². The fourth-order valence-electron chi connectivity index (χ4n) is 1.17. The molecular weight excluding hydrogens is 240 g/mol. The Hall–Kier alpha value is -1.57. The maximum absolute atomic E-state index is 11.3. The molecule has 0 N–H and O–H groups in total. The quantitative estimate of drug-likeness (QED) is 0.484. The number of esters is 2. The highest BCUT2D eigenvalue weighted by atomic mass is 32.2. The SMILES string of the molecule is COC(=O)C1=C(OS(C)(=O)=O)C(=O)O[C@@H]1C. The first kappa shape index (κ1) is 12.5. The van der Waals surface area contributed by atoms with Gasteiger partial charge in [-0.15, -0.1) is 0 Å². The molecule has 0 aliphatic carbocycles. The fourth-order valence-corrected chi connectivity index (χ4v) is 1.63. The summed E-state index contributed by atoms with van der Waals surface area (Å²) in [7, 11) is -2.80. The highest BCUT2D eigenvalue weighted by Gasteiger charge is 2.39. The second-order valence-corrected chi connectivity index (χ2v) is 4.64. The van der Waals surface area contributed by atoms with Crippen LogP contribution in [0.1, 0.15) is 6.92 Å². The number of rotatable bonds is 3. The van der Waals surface area contributed by atoms with E-state index in [2.05, 4.69) is 13.7 Å². The van der Waals surface area contributed by atoms with Crippen molar-refractivity contribution >= 4 is 22.1 Å². The van der Waals surface area contributed by atoms with Gasteiger partial charge in [-0.25, -0.2) is 9.59 Å². The predicted molar refractivity (Wildman–Crippen MR) is 50.5 cm³/mol. The normalized spacial score (nSPS) is 20.7. The van der Waals surface area contributed by atoms with Crippen LogP contribution in [-0.2, 0) is 33.4 Å². The summed E-state index contributed by atoms with van der Waals surface area (Å²) in [6.07, 6.45) is -0.137. The van der Waals surface area contributed by atoms with Gasteiger partial charge in [0.2, 0.25) is 5.76 Å². The minimum absolute atomic E-state index is 0.238. The maximum Gasteiger partial charge on any atom is 0.376 e. The van der Waals surface area contributed by atoms with Gasteiger partial charge in [0.05, 0.1) is 13.4 Å². The Labute approximate surface area is 92.1 Å². The van der Waals surface area contributed by atoms with Crippen LogP contribution in [0, 0.1) is 0 Å². The Kier molecular flexibility index (Phi) is 3.22. The number of carbonyl (C=O) groups is 2. The van der Waals surface area contributed by atoms with Gasteiger partial charge in [-0.1, -0.05) is 0 Å². The summed E-state index contributed by atoms with van der Waals surface area (Å²) < 4.78 is 35.2. The van der Waals surface area contributed by atoms with E-state index >= 15 is 0 Å². The molecule has 1 atom stereocenters. The second kappa shape index (κ2) is 4.12. The fraction of sp³-hybridized carbons (Fsp3) is 0.500. The Morgan fingerprint density at radius 3 is 2.44 bits per heavy atom. The van der Waals surface area contributed by atoms with Crippen molar-refractivity contribution in [2.75, 3.05) is 13.4 Å². The third-order valence-corrected chi connectivity index (χ3v) is 2.23. The summed E-state index contributed by atoms with van der Waals surface area (Å²) in [5.41, 5.74) is -0.238. The van der Waals surface area contributed by atoms with E-state index in [-0.39, 0.29) is 5.57 Å². The van der Waals surface area contributed by atoms with Gasteiger partial charge in [-0.2, -0.15) is 8.42 Å². The van der Waals surface area contributed by atoms with E-state index in [1.165, 1.54) is 6.92 Å². The van der Waals surface area contributed by atoms with Crippen molar-refractivity contribution in [3.05, 3.63) is 11.3 Å². The van der Waals surface area contributed by atoms with Crippen molar-refractivity contribution in [3.8, 4) is 0 Å². The molecule has 0 saturated carbocycles. The Morgan fingerprint density at radius 1 is 1.44 bits per heavy atom. The Bertz CT molecular complexity index is 459. The molecule has 16 heavy (non-hydrogen) atoms. The van der Waals surface area contributed by atoms with Gasteiger partial charge in [-0.3, -0.25) is 0 Å². The molecule has 1 heterocycles. The number of methoxy groups -OCH3 is 1. The lowest BCUT2D eigenvalue weighted by Crippen LogP contribution is -2.16. The van der Waals surface area contributed by atoms with Crippen molar-refractivity contribution in [2.24, 2.45) is 0 Å². The molecule has 0 aromatic heterocycles. The van der Waals surface area contributed by atoms with Crippen molar-refractivity contribution in [3.63, 3.8) is 0 Å². The van der Waals surface area contributed by atoms with Crippen LogP contribution in [0.3, 0.4) is 0 Å². The van der Waals surface area contributed by atoms with Crippen LogP contribution >= 0.6 is 0 Å². The summed E-state index contributed by atoms with van der Waals surface area (Å²) in [6, 6.07) is 0. The molecule has 0 amide bonds. The Balaban J connectivity index is 3.19. The highest BCUT2D eigenvalue weighted by Crippen LogP contribution is 2.25. The van der Waals surface area contributed by atoms with Gasteiger partial charge in [0.25, 0.3) is 0 Å². The van der Waals surface area contributed by atoms with Gasteiger partial charge in [0.1, 0.15) is 11.7 Å². The zero-order valence-corrected chi connectivity index (χ0v) is 9.66. The molecule has 0 spiro atoms. The maximum atomic E-state index is 11.3. The first-order valence-electron chi connectivity index (χ1n) is 4.19. The monoisotopic (exact) mass is 250 g/mol. The van der Waals surface area contributed by atoms with E-state index in [9.17, 15) is 18.0 Å². The minimum Gasteiger partial charge on any atom is -0.465 e. The van der Waals surface area contributed by atoms with E-state index in [4.69, 9.17) is 0 Å². The zero-order valence-electron chi connectivity index (χ0n) is 8.84. The molecule has 7 nitrogen and oxygen atoms in total. The van der Waals surface area contributed by atoms with Crippen molar-refractivity contribution in [1.29, 1.82) is 0 Å². The van der Waals surface area contributed by atoms with Crippen molar-refractivity contribution in [2.45, 2.75) is 13.0 Å². The van der Waals surface area contributed by atoms with Crippen LogP contribution in [0.15, 0.2) is 11.3 Å². The molecule has 0 fully saturated rings. The molecular formula is C8H10O7S. The lowest BCUT2D eigenvalue weighted by atomic mass is 10.1. The van der Waals surface area contributed by atoms with E-state index in [1.807, 2.05) is 0 Å².